The monoisotopic (exact) mass is 346 g/mol. The smallest absolute Gasteiger partial charge is 0.133 e. The number of nitrogens with zero attached hydrogens (tertiary/aromatic N) is 2. The lowest BCUT2D eigenvalue weighted by Gasteiger charge is -2.34. The minimum absolute atomic E-state index is 0.728. The number of methoxy groups -OCH3 is 1. The van der Waals surface area contributed by atoms with E-state index in [0.29, 0.717) is 0 Å². The number of halogens is 2. The highest BCUT2D eigenvalue weighted by atomic mass is 79.9. The van der Waals surface area contributed by atoms with Crippen molar-refractivity contribution in [3.8, 4) is 5.75 Å². The zero-order valence-electron chi connectivity index (χ0n) is 11.2. The number of rotatable bonds is 5. The molecule has 0 aliphatic carbocycles. The Hall–Kier alpha value is -0.290. The van der Waals surface area contributed by atoms with Crippen molar-refractivity contribution in [2.24, 2.45) is 0 Å². The number of hydrogen-bond acceptors (Lipinski definition) is 3. The van der Waals surface area contributed by atoms with Crippen LogP contribution in [0.25, 0.3) is 0 Å². The molecule has 0 spiro atoms. The fraction of sp³-hybridized carbons (Fsp3) is 0.571. The topological polar surface area (TPSA) is 15.7 Å². The van der Waals surface area contributed by atoms with Crippen LogP contribution in [0.2, 0.25) is 0 Å². The fourth-order valence-electron chi connectivity index (χ4n) is 2.36. The van der Waals surface area contributed by atoms with E-state index in [0.717, 1.165) is 55.4 Å². The van der Waals surface area contributed by atoms with E-state index < -0.39 is 0 Å². The van der Waals surface area contributed by atoms with Gasteiger partial charge in [-0.1, -0.05) is 6.07 Å². The first-order valence-corrected chi connectivity index (χ1v) is 7.89. The molecule has 0 amide bonds. The first-order valence-electron chi connectivity index (χ1n) is 6.56. The molecule has 5 heteroatoms. The molecule has 19 heavy (non-hydrogen) atoms. The van der Waals surface area contributed by atoms with E-state index in [9.17, 15) is 0 Å². The molecule has 0 radical (unpaired) electrons. The number of alkyl halides is 1. The predicted molar refractivity (Wildman–Crippen MR) is 83.1 cm³/mol. The van der Waals surface area contributed by atoms with Crippen LogP contribution in [-0.2, 0) is 6.54 Å². The van der Waals surface area contributed by atoms with Crippen molar-refractivity contribution >= 4 is 27.5 Å². The second-order valence-corrected chi connectivity index (χ2v) is 6.01. The van der Waals surface area contributed by atoms with Crippen molar-refractivity contribution < 1.29 is 4.74 Å². The molecule has 1 aromatic carbocycles. The molecule has 0 unspecified atom stereocenters. The molecule has 0 N–H and O–H groups in total. The van der Waals surface area contributed by atoms with Gasteiger partial charge in [0.25, 0.3) is 0 Å². The molecular formula is C14H20BrClN2O. The lowest BCUT2D eigenvalue weighted by molar-refractivity contribution is 0.132. The van der Waals surface area contributed by atoms with Crippen LogP contribution >= 0.6 is 27.5 Å². The number of hydrogen-bond donors (Lipinski definition) is 0. The zero-order valence-corrected chi connectivity index (χ0v) is 13.6. The summed E-state index contributed by atoms with van der Waals surface area (Å²) in [6.07, 6.45) is 0. The second-order valence-electron chi connectivity index (χ2n) is 4.78. The van der Waals surface area contributed by atoms with Gasteiger partial charge in [0.05, 0.1) is 11.6 Å². The van der Waals surface area contributed by atoms with Crippen molar-refractivity contribution in [1.82, 2.24) is 9.80 Å². The number of benzene rings is 1. The Morgan fingerprint density at radius 2 is 1.89 bits per heavy atom. The van der Waals surface area contributed by atoms with E-state index in [-0.39, 0.29) is 0 Å². The molecule has 1 aliphatic heterocycles. The minimum Gasteiger partial charge on any atom is -0.496 e. The van der Waals surface area contributed by atoms with Gasteiger partial charge in [0, 0.05) is 45.1 Å². The average Bonchev–Trinajstić information content (AvgIpc) is 2.42. The van der Waals surface area contributed by atoms with Crippen LogP contribution in [0.3, 0.4) is 0 Å². The van der Waals surface area contributed by atoms with Crippen molar-refractivity contribution in [2.75, 3.05) is 45.7 Å². The lowest BCUT2D eigenvalue weighted by Crippen LogP contribution is -2.46. The predicted octanol–water partition coefficient (Wildman–Crippen LogP) is 2.81. The normalized spacial score (nSPS) is 17.6. The van der Waals surface area contributed by atoms with Crippen LogP contribution < -0.4 is 4.74 Å². The molecule has 2 rings (SSSR count). The second kappa shape index (κ2) is 7.48. The van der Waals surface area contributed by atoms with E-state index in [4.69, 9.17) is 16.3 Å². The van der Waals surface area contributed by atoms with Crippen molar-refractivity contribution in [1.29, 1.82) is 0 Å². The number of ether oxygens (including phenoxy) is 1. The van der Waals surface area contributed by atoms with E-state index in [1.807, 2.05) is 6.07 Å². The highest BCUT2D eigenvalue weighted by Gasteiger charge is 2.16. The molecule has 0 bridgehead atoms. The molecule has 106 valence electrons. The van der Waals surface area contributed by atoms with Gasteiger partial charge in [-0.25, -0.2) is 0 Å². The SMILES string of the molecule is COc1ccc(CN2CCN(CCCl)CC2)cc1Br. The summed E-state index contributed by atoms with van der Waals surface area (Å²) < 4.78 is 6.27. The standard InChI is InChI=1S/C14H20BrClN2O/c1-19-14-3-2-12(10-13(14)15)11-18-8-6-17(5-4-16)7-9-18/h2-3,10H,4-9,11H2,1H3. The molecule has 1 aliphatic rings. The molecule has 0 saturated carbocycles. The van der Waals surface area contributed by atoms with Crippen LogP contribution in [0.4, 0.5) is 0 Å². The Bertz CT molecular complexity index is 408. The van der Waals surface area contributed by atoms with Gasteiger partial charge < -0.3 is 4.74 Å². The lowest BCUT2D eigenvalue weighted by atomic mass is 10.2. The van der Waals surface area contributed by atoms with E-state index in [2.05, 4.69) is 37.9 Å². The molecule has 1 fully saturated rings. The van der Waals surface area contributed by atoms with Gasteiger partial charge in [-0.15, -0.1) is 11.6 Å². The molecular weight excluding hydrogens is 328 g/mol. The Kier molecular flexibility index (Phi) is 5.95. The maximum Gasteiger partial charge on any atom is 0.133 e. The fourth-order valence-corrected chi connectivity index (χ4v) is 3.18. The van der Waals surface area contributed by atoms with Gasteiger partial charge in [0.2, 0.25) is 0 Å². The van der Waals surface area contributed by atoms with E-state index in [1.54, 1.807) is 7.11 Å². The van der Waals surface area contributed by atoms with E-state index in [1.165, 1.54) is 5.56 Å². The zero-order chi connectivity index (χ0) is 13.7. The molecule has 1 saturated heterocycles. The molecule has 1 heterocycles. The third kappa shape index (κ3) is 4.35. The summed E-state index contributed by atoms with van der Waals surface area (Å²) in [6, 6.07) is 6.29. The van der Waals surface area contributed by atoms with Gasteiger partial charge in [0.15, 0.2) is 0 Å². The van der Waals surface area contributed by atoms with Gasteiger partial charge in [-0.05, 0) is 33.6 Å². The molecule has 1 aromatic rings. The number of piperazine rings is 1. The van der Waals surface area contributed by atoms with Crippen LogP contribution in [0, 0.1) is 0 Å². The van der Waals surface area contributed by atoms with Crippen LogP contribution in [-0.4, -0.2) is 55.5 Å². The quantitative estimate of drug-likeness (QED) is 0.762. The largest absolute Gasteiger partial charge is 0.496 e. The first-order chi connectivity index (χ1) is 9.22. The Labute approximate surface area is 128 Å². The van der Waals surface area contributed by atoms with Crippen molar-refractivity contribution in [3.05, 3.63) is 28.2 Å². The summed E-state index contributed by atoms with van der Waals surface area (Å²) in [7, 11) is 1.69. The van der Waals surface area contributed by atoms with Crippen molar-refractivity contribution in [3.63, 3.8) is 0 Å². The summed E-state index contributed by atoms with van der Waals surface area (Å²) in [4.78, 5) is 4.91. The Balaban J connectivity index is 1.87. The van der Waals surface area contributed by atoms with Crippen LogP contribution in [0.1, 0.15) is 5.56 Å². The maximum absolute atomic E-state index is 5.77. The Morgan fingerprint density at radius 3 is 2.47 bits per heavy atom. The van der Waals surface area contributed by atoms with Crippen molar-refractivity contribution in [2.45, 2.75) is 6.54 Å². The maximum atomic E-state index is 5.77. The highest BCUT2D eigenvalue weighted by Crippen LogP contribution is 2.26. The molecule has 3 nitrogen and oxygen atoms in total. The Morgan fingerprint density at radius 1 is 1.21 bits per heavy atom. The van der Waals surface area contributed by atoms with Gasteiger partial charge >= 0.3 is 0 Å². The minimum atomic E-state index is 0.728. The van der Waals surface area contributed by atoms with Gasteiger partial charge in [0.1, 0.15) is 5.75 Å². The van der Waals surface area contributed by atoms with Crippen LogP contribution in [0.5, 0.6) is 5.75 Å². The molecule has 0 aromatic heterocycles. The summed E-state index contributed by atoms with van der Waals surface area (Å²) >= 11 is 9.31. The van der Waals surface area contributed by atoms with Gasteiger partial charge in [-0.3, -0.25) is 9.80 Å². The highest BCUT2D eigenvalue weighted by molar-refractivity contribution is 9.10. The third-order valence-corrected chi connectivity index (χ3v) is 4.28. The average molecular weight is 348 g/mol. The summed E-state index contributed by atoms with van der Waals surface area (Å²) in [5, 5.41) is 0. The summed E-state index contributed by atoms with van der Waals surface area (Å²) in [6.45, 7) is 6.45. The van der Waals surface area contributed by atoms with Crippen LogP contribution in [0.15, 0.2) is 22.7 Å². The first kappa shape index (κ1) is 15.1. The summed E-state index contributed by atoms with van der Waals surface area (Å²) in [5.74, 6) is 1.61. The van der Waals surface area contributed by atoms with E-state index >= 15 is 0 Å². The molecule has 0 atom stereocenters. The third-order valence-electron chi connectivity index (χ3n) is 3.49. The van der Waals surface area contributed by atoms with Gasteiger partial charge in [-0.2, -0.15) is 0 Å². The summed E-state index contributed by atoms with van der Waals surface area (Å²) in [5.41, 5.74) is 1.32.